The molecule has 0 aliphatic carbocycles. The average Bonchev–Trinajstić information content (AvgIpc) is 3.18. The lowest BCUT2D eigenvalue weighted by Gasteiger charge is -2.23. The number of benzene rings is 1. The van der Waals surface area contributed by atoms with Crippen LogP contribution in [0.4, 0.5) is 0 Å². The van der Waals surface area contributed by atoms with Crippen LogP contribution in [-0.2, 0) is 0 Å². The highest BCUT2D eigenvalue weighted by Crippen LogP contribution is 2.33. The second-order valence-corrected chi connectivity index (χ2v) is 6.08. The lowest BCUT2D eigenvalue weighted by atomic mass is 10.1. The maximum Gasteiger partial charge on any atom is 0.262 e. The van der Waals surface area contributed by atoms with E-state index in [-0.39, 0.29) is 17.9 Å². The fraction of sp³-hybridized carbons (Fsp3) is 0.188. The minimum Gasteiger partial charge on any atom is -0.297 e. The minimum absolute atomic E-state index is 0.233. The first-order chi connectivity index (χ1) is 10.7. The third-order valence-corrected chi connectivity index (χ3v) is 4.75. The van der Waals surface area contributed by atoms with Crippen LogP contribution in [0, 0.1) is 0 Å². The largest absolute Gasteiger partial charge is 0.297 e. The number of fused-ring (bicyclic) bond motifs is 2. The van der Waals surface area contributed by atoms with Gasteiger partial charge < -0.3 is 0 Å². The summed E-state index contributed by atoms with van der Waals surface area (Å²) >= 11 is 1.53. The van der Waals surface area contributed by atoms with Crippen LogP contribution in [0.3, 0.4) is 0 Å². The highest BCUT2D eigenvalue weighted by Gasteiger charge is 2.40. The number of carbonyl (C=O) groups excluding carboxylic acids is 2. The van der Waals surface area contributed by atoms with Crippen LogP contribution in [0.15, 0.2) is 42.0 Å². The van der Waals surface area contributed by atoms with Gasteiger partial charge in [-0.2, -0.15) is 0 Å². The smallest absolute Gasteiger partial charge is 0.262 e. The first-order valence-electron chi connectivity index (χ1n) is 7.09. The Balaban J connectivity index is 1.78. The van der Waals surface area contributed by atoms with E-state index in [1.807, 2.05) is 29.1 Å². The number of imide groups is 1. The Bertz CT molecular complexity index is 832. The van der Waals surface area contributed by atoms with E-state index in [0.717, 1.165) is 10.7 Å². The minimum atomic E-state index is -0.334. The van der Waals surface area contributed by atoms with E-state index in [1.54, 1.807) is 24.3 Å². The maximum absolute atomic E-state index is 12.6. The van der Waals surface area contributed by atoms with Crippen molar-refractivity contribution in [2.24, 2.45) is 0 Å². The Morgan fingerprint density at radius 3 is 2.45 bits per heavy atom. The molecule has 0 fully saturated rings. The molecule has 2 aromatic heterocycles. The average molecular weight is 311 g/mol. The number of thiazole rings is 1. The van der Waals surface area contributed by atoms with E-state index in [2.05, 4.69) is 4.98 Å². The highest BCUT2D eigenvalue weighted by atomic mass is 32.1. The van der Waals surface area contributed by atoms with Gasteiger partial charge in [0.15, 0.2) is 4.96 Å². The molecule has 1 atom stereocenters. The summed E-state index contributed by atoms with van der Waals surface area (Å²) < 4.78 is 1.92. The molecule has 3 heterocycles. The van der Waals surface area contributed by atoms with Gasteiger partial charge in [0.1, 0.15) is 0 Å². The van der Waals surface area contributed by atoms with Crippen molar-refractivity contribution in [3.05, 3.63) is 58.9 Å². The van der Waals surface area contributed by atoms with E-state index in [4.69, 9.17) is 0 Å². The molecule has 0 N–H and O–H groups in total. The molecule has 0 saturated carbocycles. The molecule has 0 radical (unpaired) electrons. The number of nitrogens with zero attached hydrogens (tertiary/aromatic N) is 3. The summed E-state index contributed by atoms with van der Waals surface area (Å²) in [5.74, 6) is -0.465. The van der Waals surface area contributed by atoms with Crippen molar-refractivity contribution in [1.29, 1.82) is 0 Å². The van der Waals surface area contributed by atoms with Crippen molar-refractivity contribution in [3.8, 4) is 0 Å². The second kappa shape index (κ2) is 4.78. The van der Waals surface area contributed by atoms with Crippen LogP contribution in [0.1, 0.15) is 45.8 Å². The van der Waals surface area contributed by atoms with E-state index in [0.29, 0.717) is 17.5 Å². The summed E-state index contributed by atoms with van der Waals surface area (Å²) in [5.41, 5.74) is 1.71. The number of hydrogen-bond donors (Lipinski definition) is 0. The Morgan fingerprint density at radius 1 is 1.18 bits per heavy atom. The molecular weight excluding hydrogens is 298 g/mol. The molecule has 4 rings (SSSR count). The Kier molecular flexibility index (Phi) is 2.87. The van der Waals surface area contributed by atoms with Crippen molar-refractivity contribution < 1.29 is 9.59 Å². The van der Waals surface area contributed by atoms with E-state index in [9.17, 15) is 9.59 Å². The lowest BCUT2D eigenvalue weighted by Crippen LogP contribution is -2.34. The normalized spacial score (nSPS) is 15.6. The van der Waals surface area contributed by atoms with Gasteiger partial charge in [0.25, 0.3) is 11.8 Å². The number of carbonyl (C=O) groups is 2. The van der Waals surface area contributed by atoms with Crippen molar-refractivity contribution in [2.75, 3.05) is 0 Å². The summed E-state index contributed by atoms with van der Waals surface area (Å²) in [6, 6.07) is 6.63. The van der Waals surface area contributed by atoms with Crippen molar-refractivity contribution in [2.45, 2.75) is 19.4 Å². The van der Waals surface area contributed by atoms with Crippen molar-refractivity contribution in [3.63, 3.8) is 0 Å². The predicted octanol–water partition coefficient (Wildman–Crippen LogP) is 3.14. The molecule has 1 aromatic carbocycles. The molecular formula is C16H13N3O2S. The van der Waals surface area contributed by atoms with E-state index >= 15 is 0 Å². The quantitative estimate of drug-likeness (QED) is 0.698. The van der Waals surface area contributed by atoms with Gasteiger partial charge in [0.05, 0.1) is 22.9 Å². The fourth-order valence-corrected chi connectivity index (χ4v) is 3.63. The van der Waals surface area contributed by atoms with Gasteiger partial charge in [0, 0.05) is 17.8 Å². The summed E-state index contributed by atoms with van der Waals surface area (Å²) in [6.07, 6.45) is 4.45. The zero-order valence-electron chi connectivity index (χ0n) is 11.9. The molecule has 2 amide bonds. The lowest BCUT2D eigenvalue weighted by molar-refractivity contribution is 0.0574. The topological polar surface area (TPSA) is 54.7 Å². The number of imidazole rings is 1. The molecule has 1 aliphatic heterocycles. The molecule has 3 aromatic rings. The first kappa shape index (κ1) is 13.2. The molecule has 110 valence electrons. The molecule has 0 bridgehead atoms. The number of hydrogen-bond acceptors (Lipinski definition) is 4. The van der Waals surface area contributed by atoms with Gasteiger partial charge >= 0.3 is 0 Å². The zero-order valence-corrected chi connectivity index (χ0v) is 12.7. The predicted molar refractivity (Wildman–Crippen MR) is 83.0 cm³/mol. The van der Waals surface area contributed by atoms with Crippen LogP contribution in [0.5, 0.6) is 0 Å². The van der Waals surface area contributed by atoms with Gasteiger partial charge in [-0.1, -0.05) is 19.1 Å². The molecule has 1 aliphatic rings. The van der Waals surface area contributed by atoms with Crippen molar-refractivity contribution >= 4 is 28.1 Å². The molecule has 22 heavy (non-hydrogen) atoms. The van der Waals surface area contributed by atoms with Crippen LogP contribution >= 0.6 is 11.3 Å². The van der Waals surface area contributed by atoms with Crippen LogP contribution in [0.25, 0.3) is 4.96 Å². The molecule has 0 spiro atoms. The summed E-state index contributed by atoms with van der Waals surface area (Å²) in [6.45, 7) is 1.96. The van der Waals surface area contributed by atoms with Gasteiger partial charge in [-0.05, 0) is 18.6 Å². The maximum atomic E-state index is 12.6. The number of rotatable bonds is 3. The Hall–Kier alpha value is -2.47. The van der Waals surface area contributed by atoms with Gasteiger partial charge in [-0.25, -0.2) is 4.98 Å². The molecule has 5 nitrogen and oxygen atoms in total. The standard InChI is InChI=1S/C16H13N3O2S/c1-2-13(12-9-18-7-8-22-16(18)17-12)19-14(20)10-5-3-4-6-11(10)15(19)21/h3-9,13H,2H2,1H3. The van der Waals surface area contributed by atoms with E-state index in [1.165, 1.54) is 16.2 Å². The zero-order chi connectivity index (χ0) is 15.3. The summed E-state index contributed by atoms with van der Waals surface area (Å²) in [4.78, 5) is 32.0. The molecule has 0 saturated heterocycles. The van der Waals surface area contributed by atoms with Crippen molar-refractivity contribution in [1.82, 2.24) is 14.3 Å². The third kappa shape index (κ3) is 1.74. The van der Waals surface area contributed by atoms with Gasteiger partial charge in [-0.3, -0.25) is 18.9 Å². The third-order valence-electron chi connectivity index (χ3n) is 3.98. The Labute approximate surface area is 130 Å². The van der Waals surface area contributed by atoms with Gasteiger partial charge in [0.2, 0.25) is 0 Å². The highest BCUT2D eigenvalue weighted by molar-refractivity contribution is 7.15. The number of amides is 2. The van der Waals surface area contributed by atoms with Crippen LogP contribution in [0.2, 0.25) is 0 Å². The van der Waals surface area contributed by atoms with Gasteiger partial charge in [-0.15, -0.1) is 11.3 Å². The van der Waals surface area contributed by atoms with Crippen LogP contribution < -0.4 is 0 Å². The monoisotopic (exact) mass is 311 g/mol. The van der Waals surface area contributed by atoms with E-state index < -0.39 is 0 Å². The first-order valence-corrected chi connectivity index (χ1v) is 7.97. The summed E-state index contributed by atoms with van der Waals surface area (Å²) in [7, 11) is 0. The summed E-state index contributed by atoms with van der Waals surface area (Å²) in [5, 5.41) is 1.95. The Morgan fingerprint density at radius 2 is 1.86 bits per heavy atom. The second-order valence-electron chi connectivity index (χ2n) is 5.21. The fourth-order valence-electron chi connectivity index (χ4n) is 2.92. The molecule has 1 unspecified atom stereocenters. The van der Waals surface area contributed by atoms with Crippen LogP contribution in [-0.4, -0.2) is 26.1 Å². The number of aromatic nitrogens is 2. The molecule has 6 heteroatoms. The SMILES string of the molecule is CCC(c1cn2ccsc2n1)N1C(=O)c2ccccc2C1=O.